The molecule has 4 heterocycles. The van der Waals surface area contributed by atoms with Crippen molar-refractivity contribution in [1.29, 1.82) is 0 Å². The van der Waals surface area contributed by atoms with Gasteiger partial charge in [0, 0.05) is 6.42 Å². The van der Waals surface area contributed by atoms with Crippen molar-refractivity contribution in [3.63, 3.8) is 0 Å². The lowest BCUT2D eigenvalue weighted by atomic mass is 10.1. The van der Waals surface area contributed by atoms with Gasteiger partial charge in [-0.25, -0.2) is 4.98 Å². The number of nitrogens with one attached hydrogen (secondary N) is 2. The van der Waals surface area contributed by atoms with Crippen LogP contribution in [0.25, 0.3) is 4.96 Å². The molecular weight excluding hydrogens is 326 g/mol. The van der Waals surface area contributed by atoms with E-state index in [2.05, 4.69) is 17.1 Å². The highest BCUT2D eigenvalue weighted by atomic mass is 32.1. The van der Waals surface area contributed by atoms with Crippen LogP contribution in [0.15, 0.2) is 22.8 Å². The van der Waals surface area contributed by atoms with Crippen LogP contribution in [0.4, 0.5) is 0 Å². The number of hydrogen-bond donors (Lipinski definition) is 3. The maximum absolute atomic E-state index is 10.8. The van der Waals surface area contributed by atoms with Crippen molar-refractivity contribution in [2.24, 2.45) is 0 Å². The van der Waals surface area contributed by atoms with Crippen molar-refractivity contribution in [2.45, 2.75) is 19.4 Å². The quantitative estimate of drug-likeness (QED) is 0.574. The minimum atomic E-state index is -0.00771. The van der Waals surface area contributed by atoms with E-state index in [1.807, 2.05) is 19.1 Å². The Morgan fingerprint density at radius 2 is 2.17 bits per heavy atom. The molecule has 0 saturated carbocycles. The van der Waals surface area contributed by atoms with E-state index < -0.39 is 0 Å². The van der Waals surface area contributed by atoms with Crippen LogP contribution >= 0.6 is 11.3 Å². The molecule has 3 aromatic rings. The summed E-state index contributed by atoms with van der Waals surface area (Å²) < 4.78 is 7.29. The van der Waals surface area contributed by atoms with Crippen molar-refractivity contribution >= 4 is 16.3 Å². The fourth-order valence-electron chi connectivity index (χ4n) is 3.39. The van der Waals surface area contributed by atoms with Gasteiger partial charge in [-0.2, -0.15) is 4.52 Å². The Bertz CT molecular complexity index is 817. The molecule has 0 spiro atoms. The zero-order valence-corrected chi connectivity index (χ0v) is 14.8. The zero-order valence-electron chi connectivity index (χ0n) is 14.0. The molecule has 24 heavy (non-hydrogen) atoms. The first kappa shape index (κ1) is 15.6. The molecule has 3 aromatic heterocycles. The first-order valence-corrected chi connectivity index (χ1v) is 9.25. The highest BCUT2D eigenvalue weighted by Gasteiger charge is 2.37. The Hall–Kier alpha value is -1.90. The second-order valence-electron chi connectivity index (χ2n) is 6.43. The summed E-state index contributed by atoms with van der Waals surface area (Å²) >= 11 is 1.51. The number of quaternary nitrogens is 2. The predicted molar refractivity (Wildman–Crippen MR) is 89.8 cm³/mol. The van der Waals surface area contributed by atoms with E-state index in [1.54, 1.807) is 15.7 Å². The second-order valence-corrected chi connectivity index (χ2v) is 7.44. The number of likely N-dealkylation sites (N-methyl/N-ethyl adjacent to an activating group) is 1. The molecule has 1 aliphatic rings. The maximum Gasteiger partial charge on any atom is 0.235 e. The summed E-state index contributed by atoms with van der Waals surface area (Å²) in [6.45, 7) is 6.34. The van der Waals surface area contributed by atoms with Crippen LogP contribution in [0.2, 0.25) is 0 Å². The number of thiazole rings is 1. The molecule has 0 aromatic carbocycles. The smallest absolute Gasteiger partial charge is 0.235 e. The number of aryl methyl sites for hydroxylation is 1. The normalized spacial score (nSPS) is 22.9. The van der Waals surface area contributed by atoms with E-state index in [-0.39, 0.29) is 11.9 Å². The number of fused-ring (bicyclic) bond motifs is 1. The molecule has 7 nitrogen and oxygen atoms in total. The van der Waals surface area contributed by atoms with Gasteiger partial charge in [0.05, 0.1) is 13.3 Å². The van der Waals surface area contributed by atoms with Gasteiger partial charge in [0.15, 0.2) is 17.6 Å². The minimum Gasteiger partial charge on any atom is -0.492 e. The van der Waals surface area contributed by atoms with Crippen molar-refractivity contribution < 1.29 is 19.3 Å². The molecule has 1 aliphatic heterocycles. The van der Waals surface area contributed by atoms with Crippen molar-refractivity contribution in [3.8, 4) is 5.88 Å². The number of hydrogen-bond acceptors (Lipinski definition) is 5. The van der Waals surface area contributed by atoms with E-state index in [9.17, 15) is 5.11 Å². The molecule has 1 atom stereocenters. The van der Waals surface area contributed by atoms with Gasteiger partial charge in [-0.05, 0) is 12.1 Å². The lowest BCUT2D eigenvalue weighted by Gasteiger charge is -2.31. The highest BCUT2D eigenvalue weighted by molar-refractivity contribution is 7.17. The van der Waals surface area contributed by atoms with Gasteiger partial charge in [-0.1, -0.05) is 18.3 Å². The molecule has 0 aliphatic carbocycles. The molecule has 0 bridgehead atoms. The third kappa shape index (κ3) is 2.60. The van der Waals surface area contributed by atoms with Crippen LogP contribution in [0.1, 0.15) is 29.4 Å². The fraction of sp³-hybridized carbons (Fsp3) is 0.500. The largest absolute Gasteiger partial charge is 0.492 e. The van der Waals surface area contributed by atoms with Gasteiger partial charge < -0.3 is 19.3 Å². The summed E-state index contributed by atoms with van der Waals surface area (Å²) in [5.41, 5.74) is 0. The molecule has 128 valence electrons. The van der Waals surface area contributed by atoms with Gasteiger partial charge in [-0.3, -0.25) is 0 Å². The summed E-state index contributed by atoms with van der Waals surface area (Å²) in [7, 11) is 2.23. The van der Waals surface area contributed by atoms with Crippen LogP contribution < -0.4 is 9.80 Å². The van der Waals surface area contributed by atoms with E-state index in [1.165, 1.54) is 16.2 Å². The summed E-state index contributed by atoms with van der Waals surface area (Å²) in [5, 5.41) is 15.2. The van der Waals surface area contributed by atoms with E-state index in [0.29, 0.717) is 0 Å². The summed E-state index contributed by atoms with van der Waals surface area (Å²) in [4.78, 5) is 9.11. The average Bonchev–Trinajstić information content (AvgIpc) is 3.29. The number of piperazine rings is 1. The Balaban J connectivity index is 1.76. The minimum absolute atomic E-state index is 0.00771. The predicted octanol–water partition coefficient (Wildman–Crippen LogP) is -0.846. The Kier molecular flexibility index (Phi) is 4.03. The molecule has 3 N–H and O–H groups in total. The SMILES string of the molecule is CCc1nc2sc([C@H](c3ccco3)[NH+]3CC[NH+](C)CC3)c(O)n2n1. The number of furan rings is 1. The van der Waals surface area contributed by atoms with Gasteiger partial charge in [-0.15, -0.1) is 5.10 Å². The van der Waals surface area contributed by atoms with Gasteiger partial charge >= 0.3 is 0 Å². The van der Waals surface area contributed by atoms with E-state index >= 15 is 0 Å². The zero-order chi connectivity index (χ0) is 16.7. The van der Waals surface area contributed by atoms with Gasteiger partial charge in [0.2, 0.25) is 10.8 Å². The number of aromatic hydroxyl groups is 1. The molecule has 1 fully saturated rings. The van der Waals surface area contributed by atoms with Crippen LogP contribution in [-0.4, -0.2) is 52.9 Å². The standard InChI is InChI=1S/C16H21N5O2S/c1-3-12-17-16-21(18-12)15(22)14(24-16)13(11-5-4-10-23-11)20-8-6-19(2)7-9-20/h4-5,10,13,22H,3,6-9H2,1-2H3/p+2/t13-/m0/s1. The van der Waals surface area contributed by atoms with Crippen molar-refractivity contribution in [2.75, 3.05) is 33.2 Å². The summed E-state index contributed by atoms with van der Waals surface area (Å²) in [6.07, 6.45) is 2.46. The van der Waals surface area contributed by atoms with Crippen LogP contribution in [0.3, 0.4) is 0 Å². The topological polar surface area (TPSA) is 72.4 Å². The average molecular weight is 349 g/mol. The Morgan fingerprint density at radius 3 is 2.79 bits per heavy atom. The van der Waals surface area contributed by atoms with Gasteiger partial charge in [0.1, 0.15) is 31.1 Å². The number of nitrogens with zero attached hydrogens (tertiary/aromatic N) is 3. The molecule has 1 saturated heterocycles. The Morgan fingerprint density at radius 1 is 1.38 bits per heavy atom. The monoisotopic (exact) mass is 349 g/mol. The lowest BCUT2D eigenvalue weighted by Crippen LogP contribution is -3.27. The molecule has 8 heteroatoms. The molecule has 4 rings (SSSR count). The van der Waals surface area contributed by atoms with Crippen molar-refractivity contribution in [3.05, 3.63) is 34.9 Å². The first-order chi connectivity index (χ1) is 11.7. The molecule has 0 unspecified atom stereocenters. The molecule has 0 amide bonds. The second kappa shape index (κ2) is 6.19. The van der Waals surface area contributed by atoms with Crippen molar-refractivity contribution in [1.82, 2.24) is 14.6 Å². The summed E-state index contributed by atoms with van der Waals surface area (Å²) in [6, 6.07) is 3.90. The lowest BCUT2D eigenvalue weighted by molar-refractivity contribution is -1.02. The molecule has 0 radical (unpaired) electrons. The highest BCUT2D eigenvalue weighted by Crippen LogP contribution is 2.35. The third-order valence-corrected chi connectivity index (χ3v) is 5.89. The number of rotatable bonds is 4. The summed E-state index contributed by atoms with van der Waals surface area (Å²) in [5.74, 6) is 1.84. The Labute approximate surface area is 144 Å². The van der Waals surface area contributed by atoms with Crippen LogP contribution in [0.5, 0.6) is 5.88 Å². The maximum atomic E-state index is 10.8. The fourth-order valence-corrected chi connectivity index (χ4v) is 4.53. The first-order valence-electron chi connectivity index (χ1n) is 8.44. The van der Waals surface area contributed by atoms with Crippen LogP contribution in [0, 0.1) is 0 Å². The van der Waals surface area contributed by atoms with Crippen LogP contribution in [-0.2, 0) is 6.42 Å². The molecular formula is C16H23N5O2S+2. The van der Waals surface area contributed by atoms with Gasteiger partial charge in [0.25, 0.3) is 0 Å². The number of aromatic nitrogens is 3. The van der Waals surface area contributed by atoms with E-state index in [0.717, 1.165) is 54.0 Å². The third-order valence-electron chi connectivity index (χ3n) is 4.80. The van der Waals surface area contributed by atoms with E-state index in [4.69, 9.17) is 4.42 Å².